The third-order valence-corrected chi connectivity index (χ3v) is 5.23. The number of rotatable bonds is 3. The molecule has 0 amide bonds. The quantitative estimate of drug-likeness (QED) is 0.716. The summed E-state index contributed by atoms with van der Waals surface area (Å²) in [6, 6.07) is 7.80. The van der Waals surface area contributed by atoms with Gasteiger partial charge in [-0.3, -0.25) is 0 Å². The number of hydrogen-bond donors (Lipinski definition) is 1. The molecule has 1 unspecified atom stereocenters. The first-order valence-electron chi connectivity index (χ1n) is 5.03. The van der Waals surface area contributed by atoms with Gasteiger partial charge in [0.15, 0.2) is 0 Å². The highest BCUT2D eigenvalue weighted by molar-refractivity contribution is 9.10. The average molecular weight is 351 g/mol. The smallest absolute Gasteiger partial charge is 0.0823 e. The lowest BCUT2D eigenvalue weighted by Crippen LogP contribution is -2.05. The fraction of sp³-hybridized carbons (Fsp3) is 0.167. The Bertz CT molecular complexity index is 527. The highest BCUT2D eigenvalue weighted by Crippen LogP contribution is 2.35. The summed E-state index contributed by atoms with van der Waals surface area (Å²) in [7, 11) is 0. The van der Waals surface area contributed by atoms with Crippen molar-refractivity contribution in [3.8, 4) is 0 Å². The zero-order chi connectivity index (χ0) is 12.4. The molecule has 1 aromatic heterocycles. The monoisotopic (exact) mass is 349 g/mol. The molecule has 2 aromatic rings. The van der Waals surface area contributed by atoms with Gasteiger partial charge in [0.05, 0.1) is 21.8 Å². The molecule has 0 saturated heterocycles. The Morgan fingerprint density at radius 2 is 2.06 bits per heavy atom. The molecule has 1 atom stereocenters. The van der Waals surface area contributed by atoms with Crippen LogP contribution in [0.15, 0.2) is 34.1 Å². The van der Waals surface area contributed by atoms with Gasteiger partial charge in [-0.25, -0.2) is 0 Å². The van der Waals surface area contributed by atoms with Gasteiger partial charge < -0.3 is 5.32 Å². The average Bonchev–Trinajstić information content (AvgIpc) is 2.71. The van der Waals surface area contributed by atoms with Gasteiger partial charge in [0.1, 0.15) is 0 Å². The number of anilines is 1. The summed E-state index contributed by atoms with van der Waals surface area (Å²) in [5, 5.41) is 6.54. The molecule has 1 aromatic carbocycles. The molecule has 0 aliphatic rings. The first-order valence-corrected chi connectivity index (χ1v) is 7.46. The molecular weight excluding hydrogens is 341 g/mol. The molecule has 0 aliphatic carbocycles. The van der Waals surface area contributed by atoms with Crippen LogP contribution in [0.2, 0.25) is 10.0 Å². The summed E-state index contributed by atoms with van der Waals surface area (Å²) in [5.41, 5.74) is 0.854. The molecule has 1 N–H and O–H groups in total. The number of benzene rings is 1. The SMILES string of the molecule is CC(Nc1cccc(Cl)c1Cl)c1sccc1Br. The molecule has 0 radical (unpaired) electrons. The van der Waals surface area contributed by atoms with E-state index in [1.54, 1.807) is 17.4 Å². The minimum atomic E-state index is 0.181. The van der Waals surface area contributed by atoms with E-state index in [-0.39, 0.29) is 6.04 Å². The molecule has 17 heavy (non-hydrogen) atoms. The van der Waals surface area contributed by atoms with Crippen LogP contribution >= 0.6 is 50.5 Å². The molecule has 2 rings (SSSR count). The van der Waals surface area contributed by atoms with Crippen LogP contribution in [0.1, 0.15) is 17.8 Å². The van der Waals surface area contributed by atoms with Crippen LogP contribution in [0.3, 0.4) is 0 Å². The van der Waals surface area contributed by atoms with Gasteiger partial charge in [0.2, 0.25) is 0 Å². The summed E-state index contributed by atoms with van der Waals surface area (Å²) in [6.45, 7) is 2.09. The lowest BCUT2D eigenvalue weighted by molar-refractivity contribution is 0.903. The van der Waals surface area contributed by atoms with E-state index in [2.05, 4.69) is 33.6 Å². The third-order valence-electron chi connectivity index (χ3n) is 2.36. The molecule has 0 bridgehead atoms. The van der Waals surface area contributed by atoms with E-state index in [1.807, 2.05) is 18.2 Å². The standard InChI is InChI=1S/C12H10BrCl2NS/c1-7(12-8(13)5-6-17-12)16-10-4-2-3-9(14)11(10)15/h2-7,16H,1H3. The van der Waals surface area contributed by atoms with E-state index < -0.39 is 0 Å². The summed E-state index contributed by atoms with van der Waals surface area (Å²) in [5.74, 6) is 0. The number of nitrogens with one attached hydrogen (secondary N) is 1. The van der Waals surface area contributed by atoms with Crippen LogP contribution in [0.4, 0.5) is 5.69 Å². The van der Waals surface area contributed by atoms with Gasteiger partial charge in [0, 0.05) is 9.35 Å². The van der Waals surface area contributed by atoms with Gasteiger partial charge in [-0.1, -0.05) is 29.3 Å². The van der Waals surface area contributed by atoms with Crippen molar-refractivity contribution >= 4 is 56.2 Å². The highest BCUT2D eigenvalue weighted by Gasteiger charge is 2.12. The Balaban J connectivity index is 2.22. The fourth-order valence-electron chi connectivity index (χ4n) is 1.53. The van der Waals surface area contributed by atoms with Crippen molar-refractivity contribution in [3.05, 3.63) is 49.0 Å². The van der Waals surface area contributed by atoms with Gasteiger partial charge in [0.25, 0.3) is 0 Å². The van der Waals surface area contributed by atoms with Crippen LogP contribution in [-0.4, -0.2) is 0 Å². The Hall–Kier alpha value is -0.220. The number of thiophene rings is 1. The molecule has 1 nitrogen and oxygen atoms in total. The van der Waals surface area contributed by atoms with Crippen molar-refractivity contribution in [2.24, 2.45) is 0 Å². The van der Waals surface area contributed by atoms with Crippen LogP contribution in [0.25, 0.3) is 0 Å². The van der Waals surface area contributed by atoms with E-state index in [0.717, 1.165) is 10.2 Å². The van der Waals surface area contributed by atoms with E-state index in [9.17, 15) is 0 Å². The second kappa shape index (κ2) is 5.61. The molecule has 0 fully saturated rings. The molecule has 0 saturated carbocycles. The maximum Gasteiger partial charge on any atom is 0.0823 e. The predicted molar refractivity (Wildman–Crippen MR) is 80.5 cm³/mol. The molecule has 1 heterocycles. The molecular formula is C12H10BrCl2NS. The van der Waals surface area contributed by atoms with Crippen molar-refractivity contribution in [1.82, 2.24) is 0 Å². The van der Waals surface area contributed by atoms with Crippen LogP contribution in [0.5, 0.6) is 0 Å². The van der Waals surface area contributed by atoms with Gasteiger partial charge in [-0.15, -0.1) is 11.3 Å². The summed E-state index contributed by atoms with van der Waals surface area (Å²) < 4.78 is 1.11. The fourth-order valence-corrected chi connectivity index (χ4v) is 3.61. The van der Waals surface area contributed by atoms with Crippen LogP contribution in [-0.2, 0) is 0 Å². The molecule has 90 valence electrons. The maximum atomic E-state index is 6.14. The van der Waals surface area contributed by atoms with E-state index in [0.29, 0.717) is 10.0 Å². The van der Waals surface area contributed by atoms with Crippen molar-refractivity contribution in [3.63, 3.8) is 0 Å². The topological polar surface area (TPSA) is 12.0 Å². The normalized spacial score (nSPS) is 12.5. The first-order chi connectivity index (χ1) is 8.09. The van der Waals surface area contributed by atoms with Crippen LogP contribution < -0.4 is 5.32 Å². The minimum absolute atomic E-state index is 0.181. The summed E-state index contributed by atoms with van der Waals surface area (Å²) in [6.07, 6.45) is 0. The highest BCUT2D eigenvalue weighted by atomic mass is 79.9. The van der Waals surface area contributed by atoms with Crippen LogP contribution in [0, 0.1) is 0 Å². The second-order valence-corrected chi connectivity index (χ2v) is 6.19. The van der Waals surface area contributed by atoms with Crippen molar-refractivity contribution in [2.45, 2.75) is 13.0 Å². The zero-order valence-corrected chi connectivity index (χ0v) is 12.9. The van der Waals surface area contributed by atoms with Gasteiger partial charge in [-0.05, 0) is 46.4 Å². The Kier molecular flexibility index (Phi) is 4.36. The van der Waals surface area contributed by atoms with Crippen molar-refractivity contribution in [1.29, 1.82) is 0 Å². The van der Waals surface area contributed by atoms with E-state index in [1.165, 1.54) is 4.88 Å². The lowest BCUT2D eigenvalue weighted by Gasteiger charge is -2.16. The predicted octanol–water partition coefficient (Wildman–Crippen LogP) is 5.99. The first kappa shape index (κ1) is 13.2. The van der Waals surface area contributed by atoms with Gasteiger partial charge in [-0.2, -0.15) is 0 Å². The summed E-state index contributed by atoms with van der Waals surface area (Å²) >= 11 is 17.3. The molecule has 5 heteroatoms. The molecule has 0 spiro atoms. The largest absolute Gasteiger partial charge is 0.376 e. The minimum Gasteiger partial charge on any atom is -0.376 e. The summed E-state index contributed by atoms with van der Waals surface area (Å²) in [4.78, 5) is 1.24. The Morgan fingerprint density at radius 3 is 2.71 bits per heavy atom. The zero-order valence-electron chi connectivity index (χ0n) is 9.01. The molecule has 0 aliphatic heterocycles. The van der Waals surface area contributed by atoms with Gasteiger partial charge >= 0.3 is 0 Å². The maximum absolute atomic E-state index is 6.14. The number of hydrogen-bond acceptors (Lipinski definition) is 2. The lowest BCUT2D eigenvalue weighted by atomic mass is 10.2. The Labute approximate surface area is 123 Å². The number of halogens is 3. The van der Waals surface area contributed by atoms with E-state index in [4.69, 9.17) is 23.2 Å². The van der Waals surface area contributed by atoms with Crippen molar-refractivity contribution in [2.75, 3.05) is 5.32 Å². The second-order valence-electron chi connectivity index (χ2n) is 3.60. The van der Waals surface area contributed by atoms with E-state index >= 15 is 0 Å². The van der Waals surface area contributed by atoms with Crippen molar-refractivity contribution < 1.29 is 0 Å². The Morgan fingerprint density at radius 1 is 1.29 bits per heavy atom. The third kappa shape index (κ3) is 2.97.